The third-order valence-electron chi connectivity index (χ3n) is 3.70. The Bertz CT molecular complexity index is 843. The molecule has 25 heavy (non-hydrogen) atoms. The van der Waals surface area contributed by atoms with E-state index in [0.29, 0.717) is 17.5 Å². The second-order valence-electron chi connectivity index (χ2n) is 5.68. The Balaban J connectivity index is 1.58. The summed E-state index contributed by atoms with van der Waals surface area (Å²) < 4.78 is 1.43. The lowest BCUT2D eigenvalue weighted by Gasteiger charge is -2.17. The average Bonchev–Trinajstić information content (AvgIpc) is 3.24. The number of carbonyl (C=O) groups is 1. The van der Waals surface area contributed by atoms with Crippen molar-refractivity contribution >= 4 is 29.0 Å². The maximum atomic E-state index is 12.3. The predicted molar refractivity (Wildman–Crippen MR) is 102 cm³/mol. The van der Waals surface area contributed by atoms with Crippen LogP contribution < -0.4 is 5.84 Å². The molecule has 3 rings (SSSR count). The van der Waals surface area contributed by atoms with Crippen LogP contribution in [0.4, 0.5) is 0 Å². The Hall–Kier alpha value is -2.32. The van der Waals surface area contributed by atoms with Crippen LogP contribution in [-0.2, 0) is 11.3 Å². The van der Waals surface area contributed by atoms with Crippen molar-refractivity contribution in [2.24, 2.45) is 0 Å². The van der Waals surface area contributed by atoms with Gasteiger partial charge in [0, 0.05) is 13.6 Å². The number of benzene rings is 1. The molecule has 2 heterocycles. The van der Waals surface area contributed by atoms with Gasteiger partial charge in [0.25, 0.3) is 0 Å². The largest absolute Gasteiger partial charge is 0.341 e. The van der Waals surface area contributed by atoms with Crippen LogP contribution in [0, 0.1) is 6.92 Å². The molecular weight excluding hydrogens is 354 g/mol. The first-order chi connectivity index (χ1) is 12.0. The fourth-order valence-electron chi connectivity index (χ4n) is 2.24. The molecule has 0 saturated heterocycles. The number of amides is 1. The molecule has 0 atom stereocenters. The third-order valence-corrected chi connectivity index (χ3v) is 5.49. The van der Waals surface area contributed by atoms with E-state index in [0.717, 1.165) is 10.4 Å². The number of nitrogen functional groups attached to an aromatic ring is 1. The molecule has 0 spiro atoms. The van der Waals surface area contributed by atoms with Gasteiger partial charge in [-0.25, -0.2) is 4.68 Å². The second kappa shape index (κ2) is 7.71. The highest BCUT2D eigenvalue weighted by Crippen LogP contribution is 2.25. The van der Waals surface area contributed by atoms with Crippen LogP contribution in [-0.4, -0.2) is 38.5 Å². The highest BCUT2D eigenvalue weighted by atomic mass is 32.2. The summed E-state index contributed by atoms with van der Waals surface area (Å²) in [5.41, 5.74) is 2.31. The summed E-state index contributed by atoms with van der Waals surface area (Å²) in [7, 11) is 1.80. The van der Waals surface area contributed by atoms with Crippen molar-refractivity contribution in [2.45, 2.75) is 18.6 Å². The summed E-state index contributed by atoms with van der Waals surface area (Å²) in [5, 5.41) is 10.7. The van der Waals surface area contributed by atoms with Crippen molar-refractivity contribution in [3.8, 4) is 10.7 Å². The number of carbonyl (C=O) groups excluding carboxylic acids is 1. The minimum absolute atomic E-state index is 0.0197. The van der Waals surface area contributed by atoms with Crippen molar-refractivity contribution < 1.29 is 4.79 Å². The number of nitrogens with two attached hydrogens (primary N) is 1. The average molecular weight is 374 g/mol. The van der Waals surface area contributed by atoms with Gasteiger partial charge in [0.2, 0.25) is 11.1 Å². The number of hydrogen-bond donors (Lipinski definition) is 1. The van der Waals surface area contributed by atoms with Gasteiger partial charge in [-0.05, 0) is 23.9 Å². The van der Waals surface area contributed by atoms with Crippen LogP contribution in [0.25, 0.3) is 10.7 Å². The number of thiophene rings is 1. The lowest BCUT2D eigenvalue weighted by Crippen LogP contribution is -2.28. The van der Waals surface area contributed by atoms with E-state index in [-0.39, 0.29) is 11.7 Å². The highest BCUT2D eigenvalue weighted by Gasteiger charge is 2.16. The molecule has 8 heteroatoms. The topological polar surface area (TPSA) is 77.0 Å². The predicted octanol–water partition coefficient (Wildman–Crippen LogP) is 2.78. The molecule has 1 amide bonds. The number of nitrogens with zero attached hydrogens (tertiary/aromatic N) is 4. The van der Waals surface area contributed by atoms with Crippen LogP contribution in [0.2, 0.25) is 0 Å². The molecule has 0 unspecified atom stereocenters. The van der Waals surface area contributed by atoms with Gasteiger partial charge in [-0.2, -0.15) is 0 Å². The maximum absolute atomic E-state index is 12.3. The van der Waals surface area contributed by atoms with Crippen LogP contribution in [0.15, 0.2) is 46.9 Å². The molecule has 0 aliphatic rings. The molecule has 130 valence electrons. The van der Waals surface area contributed by atoms with Gasteiger partial charge in [-0.1, -0.05) is 47.7 Å². The first-order valence-corrected chi connectivity index (χ1v) is 9.58. The van der Waals surface area contributed by atoms with Gasteiger partial charge in [-0.3, -0.25) is 4.79 Å². The van der Waals surface area contributed by atoms with Gasteiger partial charge in [-0.15, -0.1) is 21.5 Å². The summed E-state index contributed by atoms with van der Waals surface area (Å²) in [6, 6.07) is 12.0. The Morgan fingerprint density at radius 3 is 2.72 bits per heavy atom. The molecule has 0 aliphatic heterocycles. The molecule has 0 aliphatic carbocycles. The molecule has 0 fully saturated rings. The van der Waals surface area contributed by atoms with Crippen molar-refractivity contribution in [1.82, 2.24) is 19.8 Å². The molecule has 2 aromatic heterocycles. The van der Waals surface area contributed by atoms with Crippen molar-refractivity contribution in [2.75, 3.05) is 18.6 Å². The quantitative estimate of drug-likeness (QED) is 0.531. The summed E-state index contributed by atoms with van der Waals surface area (Å²) in [6.07, 6.45) is 0. The molecule has 0 saturated carbocycles. The highest BCUT2D eigenvalue weighted by molar-refractivity contribution is 7.99. The zero-order valence-electron chi connectivity index (χ0n) is 14.0. The maximum Gasteiger partial charge on any atom is 0.233 e. The Morgan fingerprint density at radius 1 is 1.28 bits per heavy atom. The number of rotatable bonds is 6. The lowest BCUT2D eigenvalue weighted by atomic mass is 10.1. The molecular formula is C17H19N5OS2. The first kappa shape index (κ1) is 17.5. The molecule has 0 radical (unpaired) electrons. The Morgan fingerprint density at radius 2 is 2.04 bits per heavy atom. The zero-order chi connectivity index (χ0) is 17.8. The van der Waals surface area contributed by atoms with E-state index < -0.39 is 0 Å². The van der Waals surface area contributed by atoms with Crippen LogP contribution in [0.5, 0.6) is 0 Å². The van der Waals surface area contributed by atoms with Gasteiger partial charge < -0.3 is 10.7 Å². The fraction of sp³-hybridized carbons (Fsp3) is 0.235. The molecule has 1 aromatic carbocycles. The summed E-state index contributed by atoms with van der Waals surface area (Å²) in [5.74, 6) is 6.94. The Kier molecular flexibility index (Phi) is 5.40. The Labute approximate surface area is 154 Å². The van der Waals surface area contributed by atoms with E-state index in [1.165, 1.54) is 22.0 Å². The standard InChI is InChI=1S/C17H19N5OS2/c1-12-5-7-13(8-6-12)10-21(2)15(23)11-25-17-20-19-16(22(17)18)14-4-3-9-24-14/h3-9H,10-11,18H2,1-2H3. The van der Waals surface area contributed by atoms with E-state index in [1.807, 2.05) is 48.7 Å². The SMILES string of the molecule is Cc1ccc(CN(C)C(=O)CSc2nnc(-c3cccs3)n2N)cc1. The monoisotopic (exact) mass is 373 g/mol. The van der Waals surface area contributed by atoms with E-state index in [1.54, 1.807) is 23.3 Å². The summed E-state index contributed by atoms with van der Waals surface area (Å²) >= 11 is 2.84. The molecule has 3 aromatic rings. The third kappa shape index (κ3) is 4.21. The van der Waals surface area contributed by atoms with E-state index >= 15 is 0 Å². The molecule has 2 N–H and O–H groups in total. The van der Waals surface area contributed by atoms with E-state index in [2.05, 4.69) is 10.2 Å². The second-order valence-corrected chi connectivity index (χ2v) is 7.57. The number of thioether (sulfide) groups is 1. The number of aromatic nitrogens is 3. The first-order valence-electron chi connectivity index (χ1n) is 7.71. The van der Waals surface area contributed by atoms with Crippen LogP contribution in [0.3, 0.4) is 0 Å². The van der Waals surface area contributed by atoms with Crippen molar-refractivity contribution in [1.29, 1.82) is 0 Å². The summed E-state index contributed by atoms with van der Waals surface area (Å²) in [4.78, 5) is 15.0. The minimum atomic E-state index is 0.0197. The summed E-state index contributed by atoms with van der Waals surface area (Å²) in [6.45, 7) is 2.62. The van der Waals surface area contributed by atoms with Gasteiger partial charge in [0.1, 0.15) is 0 Å². The van der Waals surface area contributed by atoms with Gasteiger partial charge >= 0.3 is 0 Å². The van der Waals surface area contributed by atoms with Crippen LogP contribution in [0.1, 0.15) is 11.1 Å². The van der Waals surface area contributed by atoms with Gasteiger partial charge in [0.15, 0.2) is 5.82 Å². The smallest absolute Gasteiger partial charge is 0.233 e. The van der Waals surface area contributed by atoms with E-state index in [9.17, 15) is 4.79 Å². The van der Waals surface area contributed by atoms with Crippen molar-refractivity contribution in [3.05, 3.63) is 52.9 Å². The zero-order valence-corrected chi connectivity index (χ0v) is 15.7. The molecule has 6 nitrogen and oxygen atoms in total. The normalized spacial score (nSPS) is 10.8. The lowest BCUT2D eigenvalue weighted by molar-refractivity contribution is -0.127. The number of aryl methyl sites for hydroxylation is 1. The number of hydrogen-bond acceptors (Lipinski definition) is 6. The van der Waals surface area contributed by atoms with E-state index in [4.69, 9.17) is 5.84 Å². The molecule has 0 bridgehead atoms. The van der Waals surface area contributed by atoms with Crippen molar-refractivity contribution in [3.63, 3.8) is 0 Å². The van der Waals surface area contributed by atoms with Gasteiger partial charge in [0.05, 0.1) is 10.6 Å². The minimum Gasteiger partial charge on any atom is -0.341 e. The fourth-order valence-corrected chi connectivity index (χ4v) is 3.74. The van der Waals surface area contributed by atoms with Crippen LogP contribution >= 0.6 is 23.1 Å².